The summed E-state index contributed by atoms with van der Waals surface area (Å²) in [6.45, 7) is 0. The maximum Gasteiger partial charge on any atom is 0.427 e. The third-order valence-corrected chi connectivity index (χ3v) is 3.09. The molecule has 1 aliphatic rings. The fourth-order valence-electron chi connectivity index (χ4n) is 2.14. The average molecular weight is 251 g/mol. The highest BCUT2D eigenvalue weighted by Crippen LogP contribution is 2.25. The molecule has 3 rings (SSSR count). The third-order valence-electron chi connectivity index (χ3n) is 3.09. The van der Waals surface area contributed by atoms with Gasteiger partial charge in [-0.1, -0.05) is 24.3 Å². The zero-order valence-electron chi connectivity index (χ0n) is 10.0. The highest BCUT2D eigenvalue weighted by molar-refractivity contribution is 6.38. The van der Waals surface area contributed by atoms with E-state index in [9.17, 15) is 9.59 Å². The minimum atomic E-state index is -0.295. The van der Waals surface area contributed by atoms with E-state index in [0.717, 1.165) is 0 Å². The molecule has 0 saturated carbocycles. The van der Waals surface area contributed by atoms with Crippen molar-refractivity contribution in [2.24, 2.45) is 0 Å². The Morgan fingerprint density at radius 3 is 2.47 bits per heavy atom. The molecule has 2 aromatic carbocycles. The Balaban J connectivity index is 2.10. The molecule has 0 aliphatic carbocycles. The summed E-state index contributed by atoms with van der Waals surface area (Å²) in [7, 11) is 0. The molecule has 2 aromatic rings. The van der Waals surface area contributed by atoms with Gasteiger partial charge in [-0.3, -0.25) is 4.79 Å². The van der Waals surface area contributed by atoms with Crippen molar-refractivity contribution in [2.75, 3.05) is 5.73 Å². The number of fused-ring (bicyclic) bond motifs is 1. The number of carbonyl (C=O) groups excluding carboxylic acids is 2. The lowest BCUT2D eigenvalue weighted by molar-refractivity contribution is -0.325. The van der Waals surface area contributed by atoms with Crippen molar-refractivity contribution in [3.05, 3.63) is 59.7 Å². The number of hydrogen-bond donors (Lipinski definition) is 1. The van der Waals surface area contributed by atoms with Crippen molar-refractivity contribution < 1.29 is 14.2 Å². The number of carbonyl (C=O) groups is 2. The number of nitrogen functional groups attached to an aromatic ring is 1. The summed E-state index contributed by atoms with van der Waals surface area (Å²) in [4.78, 5) is 24.3. The molecule has 4 heteroatoms. The summed E-state index contributed by atoms with van der Waals surface area (Å²) < 4.78 is 1.35. The van der Waals surface area contributed by atoms with Gasteiger partial charge in [0.05, 0.1) is 0 Å². The van der Waals surface area contributed by atoms with Gasteiger partial charge in [-0.25, -0.2) is 4.79 Å². The lowest BCUT2D eigenvalue weighted by Gasteiger charge is -2.00. The number of benzene rings is 2. The van der Waals surface area contributed by atoms with Crippen LogP contribution in [-0.2, 0) is 0 Å². The van der Waals surface area contributed by atoms with E-state index in [2.05, 4.69) is 0 Å². The zero-order valence-corrected chi connectivity index (χ0v) is 10.0. The van der Waals surface area contributed by atoms with Gasteiger partial charge in [0.15, 0.2) is 0 Å². The van der Waals surface area contributed by atoms with Crippen LogP contribution in [0, 0.1) is 0 Å². The molecule has 0 radical (unpaired) electrons. The first-order valence-corrected chi connectivity index (χ1v) is 5.85. The van der Waals surface area contributed by atoms with Gasteiger partial charge in [0.1, 0.15) is 11.1 Å². The second-order valence-electron chi connectivity index (χ2n) is 4.27. The Kier molecular flexibility index (Phi) is 2.49. The van der Waals surface area contributed by atoms with Crippen LogP contribution >= 0.6 is 0 Å². The first kappa shape index (κ1) is 11.3. The average Bonchev–Trinajstić information content (AvgIpc) is 2.77. The number of nitrogens with two attached hydrogens (primary N) is 1. The maximum atomic E-state index is 12.4. The summed E-state index contributed by atoms with van der Waals surface area (Å²) >= 11 is 0. The molecule has 0 bridgehead atoms. The molecular weight excluding hydrogens is 240 g/mol. The smallest absolute Gasteiger partial charge is 0.398 e. The van der Waals surface area contributed by atoms with E-state index in [1.165, 1.54) is 10.8 Å². The molecule has 0 saturated heterocycles. The van der Waals surface area contributed by atoms with Gasteiger partial charge in [-0.15, -0.1) is 4.58 Å². The molecule has 4 nitrogen and oxygen atoms in total. The summed E-state index contributed by atoms with van der Waals surface area (Å²) in [5.74, 6) is -0.463. The quantitative estimate of drug-likeness (QED) is 0.623. The normalized spacial score (nSPS) is 13.1. The van der Waals surface area contributed by atoms with Crippen molar-refractivity contribution in [1.29, 1.82) is 0 Å². The second-order valence-corrected chi connectivity index (χ2v) is 4.27. The van der Waals surface area contributed by atoms with Crippen LogP contribution in [0.3, 0.4) is 0 Å². The minimum Gasteiger partial charge on any atom is -0.398 e. The molecular formula is C15H11N2O2+. The number of Topliss-reactive ketones (excluding diaryl/α,β-unsaturated/α-hetero) is 1. The zero-order chi connectivity index (χ0) is 13.4. The van der Waals surface area contributed by atoms with Gasteiger partial charge >= 0.3 is 5.91 Å². The van der Waals surface area contributed by atoms with Crippen molar-refractivity contribution in [3.8, 4) is 0 Å². The van der Waals surface area contributed by atoms with Crippen LogP contribution in [0.5, 0.6) is 0 Å². The Hall–Kier alpha value is -2.75. The fourth-order valence-corrected chi connectivity index (χ4v) is 2.14. The number of ketones is 1. The molecule has 2 N–H and O–H groups in total. The van der Waals surface area contributed by atoms with Gasteiger partial charge in [0, 0.05) is 11.8 Å². The number of nitrogens with zero attached hydrogens (tertiary/aromatic N) is 1. The van der Waals surface area contributed by atoms with Crippen LogP contribution in [-0.4, -0.2) is 22.5 Å². The van der Waals surface area contributed by atoms with Crippen molar-refractivity contribution in [3.63, 3.8) is 0 Å². The van der Waals surface area contributed by atoms with Crippen LogP contribution in [0.15, 0.2) is 48.5 Å². The second kappa shape index (κ2) is 4.17. The topological polar surface area (TPSA) is 63.2 Å². The molecule has 0 unspecified atom stereocenters. The predicted octanol–water partition coefficient (Wildman–Crippen LogP) is 2.02. The van der Waals surface area contributed by atoms with Gasteiger partial charge in [0.2, 0.25) is 11.9 Å². The summed E-state index contributed by atoms with van der Waals surface area (Å²) in [6.07, 6.45) is 1.30. The highest BCUT2D eigenvalue weighted by atomic mass is 16.2. The van der Waals surface area contributed by atoms with Crippen molar-refractivity contribution in [1.82, 2.24) is 0 Å². The third kappa shape index (κ3) is 1.74. The van der Waals surface area contributed by atoms with E-state index in [1.54, 1.807) is 48.5 Å². The van der Waals surface area contributed by atoms with E-state index < -0.39 is 0 Å². The summed E-state index contributed by atoms with van der Waals surface area (Å²) in [5, 5.41) is 0. The van der Waals surface area contributed by atoms with Crippen molar-refractivity contribution >= 4 is 29.3 Å². The van der Waals surface area contributed by atoms with E-state index in [0.29, 0.717) is 22.5 Å². The molecule has 0 atom stereocenters. The Bertz CT molecular complexity index is 732. The van der Waals surface area contributed by atoms with Crippen LogP contribution in [0.1, 0.15) is 20.7 Å². The van der Waals surface area contributed by atoms with Gasteiger partial charge < -0.3 is 5.73 Å². The van der Waals surface area contributed by atoms with Gasteiger partial charge in [0.25, 0.3) is 5.78 Å². The number of hydrogen-bond acceptors (Lipinski definition) is 3. The van der Waals surface area contributed by atoms with E-state index in [-0.39, 0.29) is 11.7 Å². The highest BCUT2D eigenvalue weighted by Gasteiger charge is 2.35. The molecule has 92 valence electrons. The number of anilines is 1. The molecule has 19 heavy (non-hydrogen) atoms. The minimum absolute atomic E-state index is 0.168. The van der Waals surface area contributed by atoms with Gasteiger partial charge in [-0.05, 0) is 18.2 Å². The van der Waals surface area contributed by atoms with Crippen LogP contribution in [0.4, 0.5) is 11.4 Å². The molecule has 0 fully saturated rings. The Morgan fingerprint density at radius 2 is 1.68 bits per heavy atom. The predicted molar refractivity (Wildman–Crippen MR) is 71.9 cm³/mol. The maximum absolute atomic E-state index is 12.4. The largest absolute Gasteiger partial charge is 0.427 e. The first-order valence-electron chi connectivity index (χ1n) is 5.85. The number of para-hydroxylation sites is 2. The lowest BCUT2D eigenvalue weighted by Crippen LogP contribution is -2.17. The SMILES string of the molecule is Nc1ccccc1C(=O)[N+]1=CC(=O)c2ccccc21. The standard InChI is InChI=1S/C15H10N2O2/c16-12-7-3-1-5-10(12)15(19)17-9-14(18)11-6-2-4-8-13(11)17/h1-9H,(H-,16,19)/p+1. The monoisotopic (exact) mass is 251 g/mol. The van der Waals surface area contributed by atoms with E-state index >= 15 is 0 Å². The molecule has 1 heterocycles. The van der Waals surface area contributed by atoms with E-state index in [4.69, 9.17) is 5.73 Å². The fraction of sp³-hybridized carbons (Fsp3) is 0. The number of amides is 1. The van der Waals surface area contributed by atoms with Crippen molar-refractivity contribution in [2.45, 2.75) is 0 Å². The summed E-state index contributed by atoms with van der Waals surface area (Å²) in [5.41, 5.74) is 7.72. The Labute approximate surface area is 109 Å². The Morgan fingerprint density at radius 1 is 1.00 bits per heavy atom. The molecule has 1 aliphatic heterocycles. The molecule has 0 spiro atoms. The van der Waals surface area contributed by atoms with Crippen LogP contribution < -0.4 is 5.73 Å². The van der Waals surface area contributed by atoms with Gasteiger partial charge in [-0.2, -0.15) is 0 Å². The van der Waals surface area contributed by atoms with E-state index in [1.807, 2.05) is 0 Å². The lowest BCUT2D eigenvalue weighted by atomic mass is 10.1. The summed E-state index contributed by atoms with van der Waals surface area (Å²) in [6, 6.07) is 13.8. The van der Waals surface area contributed by atoms with Crippen LogP contribution in [0.2, 0.25) is 0 Å². The first-order chi connectivity index (χ1) is 9.18. The molecule has 0 aromatic heterocycles. The van der Waals surface area contributed by atoms with Crippen LogP contribution in [0.25, 0.3) is 0 Å². The molecule has 1 amide bonds. The number of rotatable bonds is 1.